The summed E-state index contributed by atoms with van der Waals surface area (Å²) >= 11 is 0. The monoisotopic (exact) mass is 341 g/mol. The molecule has 1 heterocycles. The minimum Gasteiger partial charge on any atom is -0.385 e. The number of aryl methyl sites for hydroxylation is 1. The fourth-order valence-corrected chi connectivity index (χ4v) is 2.59. The predicted octanol–water partition coefficient (Wildman–Crippen LogP) is 4.02. The summed E-state index contributed by atoms with van der Waals surface area (Å²) in [7, 11) is 1.65. The molecule has 0 fully saturated rings. The summed E-state index contributed by atoms with van der Waals surface area (Å²) in [5, 5.41) is 6.25. The molecule has 5 nitrogen and oxygen atoms in total. The minimum absolute atomic E-state index is 0.117. The summed E-state index contributed by atoms with van der Waals surface area (Å²) in [6.45, 7) is 7.65. The number of nitrogens with one attached hydrogen (secondary N) is 2. The molecule has 2 N–H and O–H groups in total. The third-order valence-corrected chi connectivity index (χ3v) is 4.02. The number of aromatic nitrogens is 1. The largest absolute Gasteiger partial charge is 0.385 e. The molecule has 1 aromatic carbocycles. The normalized spacial score (nSPS) is 10.8. The van der Waals surface area contributed by atoms with Crippen LogP contribution in [0.5, 0.6) is 0 Å². The van der Waals surface area contributed by atoms with Crippen molar-refractivity contribution in [2.75, 3.05) is 25.6 Å². The quantitative estimate of drug-likeness (QED) is 0.712. The average Bonchev–Trinajstić information content (AvgIpc) is 2.60. The number of methoxy groups -OCH3 is 1. The zero-order valence-electron chi connectivity index (χ0n) is 15.4. The first-order valence-electron chi connectivity index (χ1n) is 8.62. The Bertz CT molecular complexity index is 697. The Morgan fingerprint density at radius 3 is 2.68 bits per heavy atom. The number of nitrogens with zero attached hydrogens (tertiary/aromatic N) is 1. The first-order chi connectivity index (χ1) is 12.0. The van der Waals surface area contributed by atoms with E-state index in [1.54, 1.807) is 19.4 Å². The molecule has 134 valence electrons. The van der Waals surface area contributed by atoms with Gasteiger partial charge in [-0.05, 0) is 42.5 Å². The number of ether oxygens (including phenoxy) is 1. The lowest BCUT2D eigenvalue weighted by molar-refractivity contribution is 0.0948. The topological polar surface area (TPSA) is 63.2 Å². The van der Waals surface area contributed by atoms with Gasteiger partial charge in [0, 0.05) is 32.1 Å². The Labute approximate surface area is 149 Å². The molecule has 1 aromatic heterocycles. The van der Waals surface area contributed by atoms with Gasteiger partial charge in [0.2, 0.25) is 0 Å². The Hall–Kier alpha value is -2.40. The van der Waals surface area contributed by atoms with E-state index in [-0.39, 0.29) is 5.91 Å². The third-order valence-electron chi connectivity index (χ3n) is 4.02. The fraction of sp³-hybridized carbons (Fsp3) is 0.400. The van der Waals surface area contributed by atoms with Crippen LogP contribution in [0, 0.1) is 6.92 Å². The van der Waals surface area contributed by atoms with Crippen LogP contribution in [0.3, 0.4) is 0 Å². The molecule has 0 radical (unpaired) electrons. The Balaban J connectivity index is 2.05. The maximum atomic E-state index is 12.1. The molecule has 0 aliphatic heterocycles. The molecular formula is C20H27N3O2. The van der Waals surface area contributed by atoms with Crippen LogP contribution in [-0.4, -0.2) is 31.2 Å². The average molecular weight is 341 g/mol. The van der Waals surface area contributed by atoms with E-state index in [2.05, 4.69) is 54.6 Å². The molecule has 5 heteroatoms. The lowest BCUT2D eigenvalue weighted by atomic mass is 9.98. The van der Waals surface area contributed by atoms with E-state index in [0.29, 0.717) is 24.6 Å². The number of amides is 1. The van der Waals surface area contributed by atoms with Gasteiger partial charge < -0.3 is 15.4 Å². The van der Waals surface area contributed by atoms with Crippen LogP contribution < -0.4 is 10.6 Å². The van der Waals surface area contributed by atoms with Gasteiger partial charge in [0.15, 0.2) is 0 Å². The zero-order valence-corrected chi connectivity index (χ0v) is 15.4. The second kappa shape index (κ2) is 9.18. The van der Waals surface area contributed by atoms with E-state index in [4.69, 9.17) is 4.74 Å². The molecule has 2 rings (SSSR count). The van der Waals surface area contributed by atoms with Crippen molar-refractivity contribution in [1.82, 2.24) is 10.3 Å². The molecule has 0 unspecified atom stereocenters. The van der Waals surface area contributed by atoms with Gasteiger partial charge in [0.05, 0.1) is 5.56 Å². The standard InChI is InChI=1S/C20H27N3O2/c1-14(2)17-8-5-7-15(3)19(17)23-18-10-9-16(13-22-18)20(24)21-11-6-12-25-4/h5,7-10,13-14H,6,11-12H2,1-4H3,(H,21,24)(H,22,23). The van der Waals surface area contributed by atoms with Crippen LogP contribution in [0.25, 0.3) is 0 Å². The van der Waals surface area contributed by atoms with Crippen LogP contribution in [0.4, 0.5) is 11.5 Å². The van der Waals surface area contributed by atoms with Crippen molar-refractivity contribution < 1.29 is 9.53 Å². The number of hydrogen-bond acceptors (Lipinski definition) is 4. The number of benzene rings is 1. The molecule has 0 aliphatic carbocycles. The van der Waals surface area contributed by atoms with Crippen molar-refractivity contribution in [2.45, 2.75) is 33.1 Å². The van der Waals surface area contributed by atoms with Gasteiger partial charge >= 0.3 is 0 Å². The van der Waals surface area contributed by atoms with Gasteiger partial charge in [-0.1, -0.05) is 32.0 Å². The molecule has 1 amide bonds. The van der Waals surface area contributed by atoms with Crippen molar-refractivity contribution in [3.8, 4) is 0 Å². The highest BCUT2D eigenvalue weighted by Crippen LogP contribution is 2.29. The van der Waals surface area contributed by atoms with Crippen LogP contribution >= 0.6 is 0 Å². The third kappa shape index (κ3) is 5.29. The summed E-state index contributed by atoms with van der Waals surface area (Å²) in [4.78, 5) is 16.4. The molecule has 25 heavy (non-hydrogen) atoms. The fourth-order valence-electron chi connectivity index (χ4n) is 2.59. The zero-order chi connectivity index (χ0) is 18.2. The molecule has 0 spiro atoms. The van der Waals surface area contributed by atoms with Crippen LogP contribution in [0.2, 0.25) is 0 Å². The molecule has 2 aromatic rings. The smallest absolute Gasteiger partial charge is 0.252 e. The van der Waals surface area contributed by atoms with Gasteiger partial charge in [0.1, 0.15) is 5.82 Å². The summed E-state index contributed by atoms with van der Waals surface area (Å²) in [5.74, 6) is 1.03. The Morgan fingerprint density at radius 2 is 2.04 bits per heavy atom. The molecule has 0 atom stereocenters. The van der Waals surface area contributed by atoms with Gasteiger partial charge in [-0.15, -0.1) is 0 Å². The summed E-state index contributed by atoms with van der Waals surface area (Å²) in [6.07, 6.45) is 2.39. The van der Waals surface area contributed by atoms with Crippen LogP contribution in [0.1, 0.15) is 47.7 Å². The van der Waals surface area contributed by atoms with Crippen molar-refractivity contribution in [2.24, 2.45) is 0 Å². The summed E-state index contributed by atoms with van der Waals surface area (Å²) in [5.41, 5.74) is 4.06. The molecular weight excluding hydrogens is 314 g/mol. The highest BCUT2D eigenvalue weighted by atomic mass is 16.5. The number of rotatable bonds is 8. The first kappa shape index (κ1) is 18.9. The number of pyridine rings is 1. The SMILES string of the molecule is COCCCNC(=O)c1ccc(Nc2c(C)cccc2C(C)C)nc1. The lowest BCUT2D eigenvalue weighted by Gasteiger charge is -2.17. The van der Waals surface area contributed by atoms with Gasteiger partial charge in [-0.3, -0.25) is 4.79 Å². The lowest BCUT2D eigenvalue weighted by Crippen LogP contribution is -2.25. The highest BCUT2D eigenvalue weighted by molar-refractivity contribution is 5.94. The van der Waals surface area contributed by atoms with E-state index in [1.807, 2.05) is 6.07 Å². The Morgan fingerprint density at radius 1 is 1.24 bits per heavy atom. The molecule has 0 aliphatic rings. The predicted molar refractivity (Wildman–Crippen MR) is 102 cm³/mol. The maximum Gasteiger partial charge on any atom is 0.252 e. The van der Waals surface area contributed by atoms with Crippen molar-refractivity contribution in [1.29, 1.82) is 0 Å². The molecule has 0 saturated carbocycles. The van der Waals surface area contributed by atoms with Crippen molar-refractivity contribution >= 4 is 17.4 Å². The van der Waals surface area contributed by atoms with Crippen LogP contribution in [-0.2, 0) is 4.74 Å². The summed E-state index contributed by atoms with van der Waals surface area (Å²) in [6, 6.07) is 9.90. The van der Waals surface area contributed by atoms with E-state index in [0.717, 1.165) is 17.9 Å². The van der Waals surface area contributed by atoms with E-state index >= 15 is 0 Å². The van der Waals surface area contributed by atoms with Crippen molar-refractivity contribution in [3.63, 3.8) is 0 Å². The molecule has 0 saturated heterocycles. The number of hydrogen-bond donors (Lipinski definition) is 2. The van der Waals surface area contributed by atoms with Gasteiger partial charge in [-0.25, -0.2) is 4.98 Å². The first-order valence-corrected chi connectivity index (χ1v) is 8.62. The maximum absolute atomic E-state index is 12.1. The van der Waals surface area contributed by atoms with E-state index < -0.39 is 0 Å². The number of anilines is 2. The highest BCUT2D eigenvalue weighted by Gasteiger charge is 2.10. The second-order valence-electron chi connectivity index (χ2n) is 6.35. The van der Waals surface area contributed by atoms with Gasteiger partial charge in [-0.2, -0.15) is 0 Å². The second-order valence-corrected chi connectivity index (χ2v) is 6.35. The Kier molecular flexibility index (Phi) is 6.95. The van der Waals surface area contributed by atoms with Crippen LogP contribution in [0.15, 0.2) is 36.5 Å². The number of carbonyl (C=O) groups is 1. The van der Waals surface area contributed by atoms with E-state index in [1.165, 1.54) is 11.1 Å². The van der Waals surface area contributed by atoms with Gasteiger partial charge in [0.25, 0.3) is 5.91 Å². The number of carbonyl (C=O) groups excluding carboxylic acids is 1. The summed E-state index contributed by atoms with van der Waals surface area (Å²) < 4.78 is 4.97. The number of para-hydroxylation sites is 1. The molecule has 0 bridgehead atoms. The van der Waals surface area contributed by atoms with Crippen molar-refractivity contribution in [3.05, 3.63) is 53.2 Å². The minimum atomic E-state index is -0.117. The van der Waals surface area contributed by atoms with E-state index in [9.17, 15) is 4.79 Å².